The summed E-state index contributed by atoms with van der Waals surface area (Å²) >= 11 is 0. The number of anilines is 1. The Labute approximate surface area is 161 Å². The zero-order valence-electron chi connectivity index (χ0n) is 16.6. The zero-order valence-corrected chi connectivity index (χ0v) is 16.6. The van der Waals surface area contributed by atoms with Crippen molar-refractivity contribution < 1.29 is 9.59 Å². The summed E-state index contributed by atoms with van der Waals surface area (Å²) in [6, 6.07) is 16.2. The highest BCUT2D eigenvalue weighted by Gasteiger charge is 2.35. The second-order valence-corrected chi connectivity index (χ2v) is 8.41. The van der Waals surface area contributed by atoms with Crippen LogP contribution in [-0.4, -0.2) is 18.4 Å². The van der Waals surface area contributed by atoms with Crippen molar-refractivity contribution in [1.29, 1.82) is 0 Å². The fourth-order valence-electron chi connectivity index (χ4n) is 3.31. The summed E-state index contributed by atoms with van der Waals surface area (Å²) in [7, 11) is 0. The summed E-state index contributed by atoms with van der Waals surface area (Å²) in [4.78, 5) is 26.7. The van der Waals surface area contributed by atoms with Crippen molar-refractivity contribution in [3.8, 4) is 0 Å². The van der Waals surface area contributed by atoms with Gasteiger partial charge in [0.2, 0.25) is 11.8 Å². The van der Waals surface area contributed by atoms with E-state index in [1.807, 2.05) is 43.3 Å². The van der Waals surface area contributed by atoms with Crippen LogP contribution in [0.5, 0.6) is 0 Å². The maximum absolute atomic E-state index is 12.5. The number of benzene rings is 2. The fraction of sp³-hybridized carbons (Fsp3) is 0.391. The van der Waals surface area contributed by atoms with Gasteiger partial charge in [0, 0.05) is 25.2 Å². The van der Waals surface area contributed by atoms with Crippen molar-refractivity contribution in [1.82, 2.24) is 5.32 Å². The molecular weight excluding hydrogens is 336 g/mol. The molecule has 0 saturated carbocycles. The van der Waals surface area contributed by atoms with Crippen LogP contribution < -0.4 is 10.2 Å². The molecule has 142 valence electrons. The van der Waals surface area contributed by atoms with Gasteiger partial charge < -0.3 is 10.2 Å². The molecule has 3 rings (SSSR count). The number of nitrogens with one attached hydrogen (secondary N) is 1. The molecule has 4 heteroatoms. The molecule has 0 aliphatic carbocycles. The van der Waals surface area contributed by atoms with Gasteiger partial charge in [-0.3, -0.25) is 9.59 Å². The van der Waals surface area contributed by atoms with Crippen molar-refractivity contribution >= 4 is 17.5 Å². The minimum absolute atomic E-state index is 0.00833. The third kappa shape index (κ3) is 4.57. The molecule has 1 N–H and O–H groups in total. The van der Waals surface area contributed by atoms with E-state index in [0.29, 0.717) is 13.1 Å². The Balaban J connectivity index is 1.61. The molecule has 1 fully saturated rings. The van der Waals surface area contributed by atoms with E-state index in [-0.39, 0.29) is 29.6 Å². The molecule has 27 heavy (non-hydrogen) atoms. The van der Waals surface area contributed by atoms with Crippen LogP contribution in [0, 0.1) is 12.8 Å². The lowest BCUT2D eigenvalue weighted by molar-refractivity contribution is -0.126. The van der Waals surface area contributed by atoms with Gasteiger partial charge in [-0.15, -0.1) is 0 Å². The summed E-state index contributed by atoms with van der Waals surface area (Å²) in [5, 5.41) is 2.96. The van der Waals surface area contributed by atoms with Crippen LogP contribution in [0.15, 0.2) is 48.5 Å². The number of carbonyl (C=O) groups excluding carboxylic acids is 2. The fourth-order valence-corrected chi connectivity index (χ4v) is 3.31. The molecular formula is C23H28N2O2. The van der Waals surface area contributed by atoms with E-state index in [4.69, 9.17) is 0 Å². The van der Waals surface area contributed by atoms with E-state index in [0.717, 1.165) is 11.3 Å². The van der Waals surface area contributed by atoms with E-state index < -0.39 is 0 Å². The summed E-state index contributed by atoms with van der Waals surface area (Å²) in [5.74, 6) is -0.350. The second kappa shape index (κ2) is 7.55. The zero-order chi connectivity index (χ0) is 19.6. The number of rotatable bonds is 4. The van der Waals surface area contributed by atoms with Gasteiger partial charge in [0.1, 0.15) is 0 Å². The Bertz CT molecular complexity index is 817. The Morgan fingerprint density at radius 2 is 1.70 bits per heavy atom. The van der Waals surface area contributed by atoms with Crippen LogP contribution >= 0.6 is 0 Å². The van der Waals surface area contributed by atoms with Crippen molar-refractivity contribution in [2.45, 2.75) is 46.1 Å². The molecule has 1 aliphatic rings. The van der Waals surface area contributed by atoms with E-state index in [1.165, 1.54) is 11.1 Å². The Morgan fingerprint density at radius 1 is 1.07 bits per heavy atom. The minimum Gasteiger partial charge on any atom is -0.352 e. The maximum Gasteiger partial charge on any atom is 0.227 e. The summed E-state index contributed by atoms with van der Waals surface area (Å²) < 4.78 is 0. The van der Waals surface area contributed by atoms with E-state index in [9.17, 15) is 9.59 Å². The number of hydrogen-bond donors (Lipinski definition) is 1. The molecule has 0 spiro atoms. The highest BCUT2D eigenvalue weighted by Crippen LogP contribution is 2.28. The minimum atomic E-state index is -0.301. The van der Waals surface area contributed by atoms with Crippen LogP contribution in [0.3, 0.4) is 0 Å². The molecule has 1 aliphatic heterocycles. The Kier molecular flexibility index (Phi) is 5.36. The molecule has 1 unspecified atom stereocenters. The molecule has 1 atom stereocenters. The molecule has 4 nitrogen and oxygen atoms in total. The lowest BCUT2D eigenvalue weighted by Crippen LogP contribution is -2.32. The van der Waals surface area contributed by atoms with Crippen molar-refractivity contribution in [2.24, 2.45) is 5.92 Å². The van der Waals surface area contributed by atoms with Gasteiger partial charge in [0.25, 0.3) is 0 Å². The molecule has 0 radical (unpaired) electrons. The first kappa shape index (κ1) is 19.2. The summed E-state index contributed by atoms with van der Waals surface area (Å²) in [6.07, 6.45) is 0.265. The highest BCUT2D eigenvalue weighted by atomic mass is 16.2. The first-order valence-corrected chi connectivity index (χ1v) is 9.48. The van der Waals surface area contributed by atoms with E-state index in [2.05, 4.69) is 38.2 Å². The first-order valence-electron chi connectivity index (χ1n) is 9.48. The van der Waals surface area contributed by atoms with E-state index >= 15 is 0 Å². The van der Waals surface area contributed by atoms with Gasteiger partial charge in [-0.25, -0.2) is 0 Å². The number of aryl methyl sites for hydroxylation is 1. The molecule has 0 bridgehead atoms. The quantitative estimate of drug-likeness (QED) is 0.893. The summed E-state index contributed by atoms with van der Waals surface area (Å²) in [5.41, 5.74) is 4.42. The van der Waals surface area contributed by atoms with Gasteiger partial charge in [-0.1, -0.05) is 62.7 Å². The van der Waals surface area contributed by atoms with Crippen LogP contribution in [-0.2, 0) is 21.5 Å². The largest absolute Gasteiger partial charge is 0.352 e. The van der Waals surface area contributed by atoms with Gasteiger partial charge in [0.15, 0.2) is 0 Å². The monoisotopic (exact) mass is 364 g/mol. The van der Waals surface area contributed by atoms with Crippen LogP contribution in [0.4, 0.5) is 5.69 Å². The standard InChI is InChI=1S/C23H28N2O2/c1-16-5-7-17(8-6-16)14-24-22(27)18-13-21(26)25(15-18)20-11-9-19(10-12-20)23(2,3)4/h5-12,18H,13-15H2,1-4H3,(H,24,27). The third-order valence-corrected chi connectivity index (χ3v) is 5.13. The maximum atomic E-state index is 12.5. The lowest BCUT2D eigenvalue weighted by atomic mass is 9.87. The van der Waals surface area contributed by atoms with Crippen molar-refractivity contribution in [2.75, 3.05) is 11.4 Å². The van der Waals surface area contributed by atoms with Crippen LogP contribution in [0.1, 0.15) is 43.9 Å². The van der Waals surface area contributed by atoms with Crippen LogP contribution in [0.2, 0.25) is 0 Å². The number of nitrogens with zero attached hydrogens (tertiary/aromatic N) is 1. The van der Waals surface area contributed by atoms with Gasteiger partial charge >= 0.3 is 0 Å². The molecule has 0 aromatic heterocycles. The summed E-state index contributed by atoms with van der Waals surface area (Å²) in [6.45, 7) is 9.46. The highest BCUT2D eigenvalue weighted by molar-refractivity contribution is 6.00. The average molecular weight is 364 g/mol. The van der Waals surface area contributed by atoms with E-state index in [1.54, 1.807) is 4.90 Å². The molecule has 1 saturated heterocycles. The lowest BCUT2D eigenvalue weighted by Gasteiger charge is -2.21. The van der Waals surface area contributed by atoms with Crippen LogP contribution in [0.25, 0.3) is 0 Å². The topological polar surface area (TPSA) is 49.4 Å². The van der Waals surface area contributed by atoms with Gasteiger partial charge in [0.05, 0.1) is 5.92 Å². The molecule has 1 heterocycles. The first-order chi connectivity index (χ1) is 12.7. The Hall–Kier alpha value is -2.62. The molecule has 2 aromatic carbocycles. The van der Waals surface area contributed by atoms with Gasteiger partial charge in [-0.2, -0.15) is 0 Å². The SMILES string of the molecule is Cc1ccc(CNC(=O)C2CC(=O)N(c3ccc(C(C)(C)C)cc3)C2)cc1. The Morgan fingerprint density at radius 3 is 2.30 bits per heavy atom. The predicted molar refractivity (Wildman–Crippen MR) is 109 cm³/mol. The number of carbonyl (C=O) groups is 2. The van der Waals surface area contributed by atoms with Crippen molar-refractivity contribution in [3.05, 3.63) is 65.2 Å². The molecule has 2 amide bonds. The normalized spacial score (nSPS) is 17.3. The third-order valence-electron chi connectivity index (χ3n) is 5.13. The predicted octanol–water partition coefficient (Wildman–Crippen LogP) is 3.96. The average Bonchev–Trinajstić information content (AvgIpc) is 3.02. The molecule has 2 aromatic rings. The number of amides is 2. The van der Waals surface area contributed by atoms with Gasteiger partial charge in [-0.05, 0) is 35.6 Å². The van der Waals surface area contributed by atoms with Crippen molar-refractivity contribution in [3.63, 3.8) is 0 Å². The smallest absolute Gasteiger partial charge is 0.227 e. The second-order valence-electron chi connectivity index (χ2n) is 8.41. The number of hydrogen-bond acceptors (Lipinski definition) is 2.